The summed E-state index contributed by atoms with van der Waals surface area (Å²) in [5, 5.41) is 6.69. The van der Waals surface area contributed by atoms with Crippen LogP contribution in [0.15, 0.2) is 30.6 Å². The minimum atomic E-state index is -0.262. The average molecular weight is 384 g/mol. The summed E-state index contributed by atoms with van der Waals surface area (Å²) in [7, 11) is 1.88. The maximum absolute atomic E-state index is 13.5. The Bertz CT molecular complexity index is 854. The first-order valence-electron chi connectivity index (χ1n) is 9.65. The number of benzene rings is 1. The second kappa shape index (κ2) is 8.10. The minimum absolute atomic E-state index is 0.102. The molecule has 28 heavy (non-hydrogen) atoms. The zero-order chi connectivity index (χ0) is 19.5. The fourth-order valence-corrected chi connectivity index (χ4v) is 3.92. The minimum Gasteiger partial charge on any atom is -0.366 e. The van der Waals surface area contributed by atoms with Gasteiger partial charge < -0.3 is 20.4 Å². The zero-order valence-corrected chi connectivity index (χ0v) is 16.0. The molecular weight excluding hydrogens is 359 g/mol. The van der Waals surface area contributed by atoms with E-state index >= 15 is 0 Å². The number of hydrogen-bond acceptors (Lipinski definition) is 6. The summed E-state index contributed by atoms with van der Waals surface area (Å²) < 4.78 is 13.5. The van der Waals surface area contributed by atoms with Crippen LogP contribution in [0.3, 0.4) is 0 Å². The number of carbonyl (C=O) groups is 1. The molecule has 2 aliphatic heterocycles. The average Bonchev–Trinajstić information content (AvgIpc) is 2.83. The van der Waals surface area contributed by atoms with Crippen molar-refractivity contribution in [2.75, 3.05) is 36.9 Å². The SMILES string of the molecule is CN1CC(=O)N(C2CCCNC2)Cc2c(NCc3cccc(F)c3)ncnc21. The molecule has 0 radical (unpaired) electrons. The van der Waals surface area contributed by atoms with Crippen LogP contribution in [-0.4, -0.2) is 53.5 Å². The first-order valence-corrected chi connectivity index (χ1v) is 9.65. The molecule has 1 amide bonds. The van der Waals surface area contributed by atoms with Crippen molar-refractivity contribution in [3.63, 3.8) is 0 Å². The van der Waals surface area contributed by atoms with Gasteiger partial charge in [0.2, 0.25) is 5.91 Å². The fourth-order valence-electron chi connectivity index (χ4n) is 3.92. The predicted molar refractivity (Wildman–Crippen MR) is 105 cm³/mol. The molecule has 1 saturated heterocycles. The van der Waals surface area contributed by atoms with Crippen molar-refractivity contribution in [1.29, 1.82) is 0 Å². The third-order valence-corrected chi connectivity index (χ3v) is 5.37. The fraction of sp³-hybridized carbons (Fsp3) is 0.450. The Kier molecular flexibility index (Phi) is 5.38. The first-order chi connectivity index (χ1) is 13.6. The maximum atomic E-state index is 13.5. The molecule has 7 nitrogen and oxygen atoms in total. The molecule has 4 rings (SSSR count). The number of fused-ring (bicyclic) bond motifs is 1. The smallest absolute Gasteiger partial charge is 0.242 e. The van der Waals surface area contributed by atoms with E-state index in [0.29, 0.717) is 25.5 Å². The van der Waals surface area contributed by atoms with Gasteiger partial charge in [-0.05, 0) is 37.1 Å². The molecule has 2 N–H and O–H groups in total. The van der Waals surface area contributed by atoms with E-state index in [-0.39, 0.29) is 17.8 Å². The van der Waals surface area contributed by atoms with E-state index in [1.807, 2.05) is 22.9 Å². The third-order valence-electron chi connectivity index (χ3n) is 5.37. The number of carbonyl (C=O) groups excluding carboxylic acids is 1. The molecule has 1 unspecified atom stereocenters. The lowest BCUT2D eigenvalue weighted by Crippen LogP contribution is -2.49. The Hall–Kier alpha value is -2.74. The lowest BCUT2D eigenvalue weighted by Gasteiger charge is -2.34. The summed E-state index contributed by atoms with van der Waals surface area (Å²) in [6, 6.07) is 6.67. The lowest BCUT2D eigenvalue weighted by molar-refractivity contribution is -0.132. The van der Waals surface area contributed by atoms with E-state index in [1.165, 1.54) is 18.5 Å². The summed E-state index contributed by atoms with van der Waals surface area (Å²) in [6.07, 6.45) is 3.57. The number of nitrogens with zero attached hydrogens (tertiary/aromatic N) is 4. The molecular formula is C20H25FN6O. The van der Waals surface area contributed by atoms with Crippen molar-refractivity contribution >= 4 is 17.5 Å². The molecule has 0 bridgehead atoms. The van der Waals surface area contributed by atoms with Crippen LogP contribution in [0.1, 0.15) is 24.0 Å². The molecule has 1 fully saturated rings. The summed E-state index contributed by atoms with van der Waals surface area (Å²) in [6.45, 7) is 3.02. The number of aromatic nitrogens is 2. The van der Waals surface area contributed by atoms with Gasteiger partial charge in [-0.2, -0.15) is 0 Å². The molecule has 1 aromatic carbocycles. The van der Waals surface area contributed by atoms with Gasteiger partial charge >= 0.3 is 0 Å². The highest BCUT2D eigenvalue weighted by Crippen LogP contribution is 2.29. The second-order valence-corrected chi connectivity index (χ2v) is 7.39. The number of amides is 1. The van der Waals surface area contributed by atoms with Gasteiger partial charge in [-0.25, -0.2) is 14.4 Å². The van der Waals surface area contributed by atoms with Crippen LogP contribution in [-0.2, 0) is 17.9 Å². The maximum Gasteiger partial charge on any atom is 0.242 e. The lowest BCUT2D eigenvalue weighted by atomic mass is 10.0. The van der Waals surface area contributed by atoms with Crippen molar-refractivity contribution in [2.45, 2.75) is 32.0 Å². The highest BCUT2D eigenvalue weighted by Gasteiger charge is 2.32. The van der Waals surface area contributed by atoms with Gasteiger partial charge in [-0.1, -0.05) is 12.1 Å². The van der Waals surface area contributed by atoms with Gasteiger partial charge in [-0.15, -0.1) is 0 Å². The van der Waals surface area contributed by atoms with Crippen LogP contribution < -0.4 is 15.5 Å². The van der Waals surface area contributed by atoms with E-state index < -0.39 is 0 Å². The standard InChI is InChI=1S/C20H25FN6O/c1-26-12-18(28)27(16-6-3-7-22-10-16)11-17-19(24-13-25-20(17)26)23-9-14-4-2-5-15(21)8-14/h2,4-5,8,13,16,22H,3,6-7,9-12H2,1H3,(H,23,24,25). The number of likely N-dealkylation sites (N-methyl/N-ethyl adjacent to an activating group) is 1. The van der Waals surface area contributed by atoms with E-state index in [9.17, 15) is 9.18 Å². The molecule has 0 saturated carbocycles. The molecule has 2 aromatic rings. The van der Waals surface area contributed by atoms with Crippen LogP contribution in [0, 0.1) is 5.82 Å². The topological polar surface area (TPSA) is 73.4 Å². The molecule has 0 aliphatic carbocycles. The highest BCUT2D eigenvalue weighted by molar-refractivity contribution is 5.84. The van der Waals surface area contributed by atoms with Crippen LogP contribution in [0.5, 0.6) is 0 Å². The van der Waals surface area contributed by atoms with Crippen molar-refractivity contribution in [2.24, 2.45) is 0 Å². The largest absolute Gasteiger partial charge is 0.366 e. The Labute approximate surface area is 164 Å². The number of piperidine rings is 1. The normalized spacial score (nSPS) is 19.9. The summed E-state index contributed by atoms with van der Waals surface area (Å²) >= 11 is 0. The molecule has 1 aromatic heterocycles. The molecule has 3 heterocycles. The number of rotatable bonds is 4. The van der Waals surface area contributed by atoms with E-state index in [0.717, 1.165) is 42.9 Å². The van der Waals surface area contributed by atoms with Crippen molar-refractivity contribution in [3.05, 3.63) is 47.5 Å². The molecule has 0 spiro atoms. The van der Waals surface area contributed by atoms with Crippen molar-refractivity contribution in [3.8, 4) is 0 Å². The predicted octanol–water partition coefficient (Wildman–Crippen LogP) is 1.76. The number of halogens is 1. The number of anilines is 2. The van der Waals surface area contributed by atoms with Gasteiger partial charge in [0.05, 0.1) is 18.7 Å². The number of hydrogen-bond donors (Lipinski definition) is 2. The Morgan fingerprint density at radius 2 is 2.21 bits per heavy atom. The second-order valence-electron chi connectivity index (χ2n) is 7.39. The summed E-state index contributed by atoms with van der Waals surface area (Å²) in [5.74, 6) is 1.29. The van der Waals surface area contributed by atoms with Gasteiger partial charge in [0.1, 0.15) is 23.8 Å². The quantitative estimate of drug-likeness (QED) is 0.837. The molecule has 8 heteroatoms. The first kappa shape index (κ1) is 18.6. The van der Waals surface area contributed by atoms with Crippen molar-refractivity contribution < 1.29 is 9.18 Å². The molecule has 2 aliphatic rings. The van der Waals surface area contributed by atoms with Gasteiger partial charge in [0.15, 0.2) is 0 Å². The van der Waals surface area contributed by atoms with Gasteiger partial charge in [0.25, 0.3) is 0 Å². The Balaban J connectivity index is 1.60. The van der Waals surface area contributed by atoms with Crippen LogP contribution in [0.2, 0.25) is 0 Å². The Morgan fingerprint density at radius 1 is 1.32 bits per heavy atom. The van der Waals surface area contributed by atoms with E-state index in [2.05, 4.69) is 20.6 Å². The van der Waals surface area contributed by atoms with E-state index in [1.54, 1.807) is 6.07 Å². The molecule has 1 atom stereocenters. The summed E-state index contributed by atoms with van der Waals surface area (Å²) in [4.78, 5) is 25.5. The monoisotopic (exact) mass is 384 g/mol. The van der Waals surface area contributed by atoms with Crippen LogP contribution in [0.4, 0.5) is 16.0 Å². The van der Waals surface area contributed by atoms with Crippen LogP contribution >= 0.6 is 0 Å². The Morgan fingerprint density at radius 3 is 3.00 bits per heavy atom. The zero-order valence-electron chi connectivity index (χ0n) is 16.0. The highest BCUT2D eigenvalue weighted by atomic mass is 19.1. The van der Waals surface area contributed by atoms with Crippen molar-refractivity contribution in [1.82, 2.24) is 20.2 Å². The van der Waals surface area contributed by atoms with E-state index in [4.69, 9.17) is 0 Å². The van der Waals surface area contributed by atoms with Crippen LogP contribution in [0.25, 0.3) is 0 Å². The third kappa shape index (κ3) is 3.91. The van der Waals surface area contributed by atoms with Gasteiger partial charge in [0, 0.05) is 26.2 Å². The number of nitrogens with one attached hydrogen (secondary N) is 2. The summed E-state index contributed by atoms with van der Waals surface area (Å²) in [5.41, 5.74) is 1.73. The molecule has 148 valence electrons. The van der Waals surface area contributed by atoms with Gasteiger partial charge in [-0.3, -0.25) is 4.79 Å².